The molecule has 3 aromatic rings. The van der Waals surface area contributed by atoms with Crippen molar-refractivity contribution in [1.82, 2.24) is 19.7 Å². The van der Waals surface area contributed by atoms with Crippen LogP contribution in [0.2, 0.25) is 0 Å². The van der Waals surface area contributed by atoms with Gasteiger partial charge in [-0.2, -0.15) is 9.78 Å². The lowest BCUT2D eigenvalue weighted by molar-refractivity contribution is 0.0942. The molecule has 0 saturated heterocycles. The number of amides is 1. The van der Waals surface area contributed by atoms with Crippen molar-refractivity contribution in [3.05, 3.63) is 92.0 Å². The summed E-state index contributed by atoms with van der Waals surface area (Å²) >= 11 is 0. The van der Waals surface area contributed by atoms with Gasteiger partial charge < -0.3 is 5.32 Å². The van der Waals surface area contributed by atoms with E-state index in [-0.39, 0.29) is 12.2 Å². The third-order valence-electron chi connectivity index (χ3n) is 5.03. The summed E-state index contributed by atoms with van der Waals surface area (Å²) in [5.74, 6) is -0.951. The number of nitrogens with one attached hydrogen (secondary N) is 1. The molecule has 2 aromatic carbocycles. The average molecular weight is 408 g/mol. The molecule has 8 heteroatoms. The van der Waals surface area contributed by atoms with Gasteiger partial charge in [0.2, 0.25) is 5.69 Å². The lowest BCUT2D eigenvalue weighted by Crippen LogP contribution is -2.46. The van der Waals surface area contributed by atoms with Gasteiger partial charge in [-0.3, -0.25) is 14.2 Å². The number of halogens is 1. The maximum absolute atomic E-state index is 14.4. The van der Waals surface area contributed by atoms with Crippen molar-refractivity contribution >= 4 is 5.91 Å². The van der Waals surface area contributed by atoms with Crippen LogP contribution in [0.15, 0.2) is 58.1 Å². The highest BCUT2D eigenvalue weighted by Gasteiger charge is 2.25. The molecule has 0 unspecified atom stereocenters. The minimum atomic E-state index is -0.814. The minimum Gasteiger partial charge on any atom is -0.350 e. The van der Waals surface area contributed by atoms with Crippen LogP contribution in [0.4, 0.5) is 4.39 Å². The van der Waals surface area contributed by atoms with Gasteiger partial charge in [-0.15, -0.1) is 0 Å². The molecule has 1 amide bonds. The van der Waals surface area contributed by atoms with Gasteiger partial charge in [0.15, 0.2) is 0 Å². The first-order valence-electron chi connectivity index (χ1n) is 9.77. The molecule has 0 bridgehead atoms. The van der Waals surface area contributed by atoms with E-state index in [9.17, 15) is 18.8 Å². The van der Waals surface area contributed by atoms with E-state index in [1.807, 2.05) is 25.1 Å². The van der Waals surface area contributed by atoms with Crippen molar-refractivity contribution in [2.75, 3.05) is 6.54 Å². The lowest BCUT2D eigenvalue weighted by atomic mass is 10.1. The van der Waals surface area contributed by atoms with Crippen LogP contribution < -0.4 is 16.6 Å². The van der Waals surface area contributed by atoms with E-state index in [0.717, 1.165) is 27.7 Å². The number of nitrogens with zero attached hydrogens (tertiary/aromatic N) is 3. The number of benzene rings is 2. The Bertz CT molecular complexity index is 1230. The van der Waals surface area contributed by atoms with Gasteiger partial charge in [0, 0.05) is 6.54 Å². The zero-order chi connectivity index (χ0) is 21.3. The SMILES string of the molecule is Cc1cccc(Cn2c(=O)c(C(=O)NCC3CC3)nn(-c3ccccc3F)c2=O)c1. The van der Waals surface area contributed by atoms with Crippen molar-refractivity contribution in [3.63, 3.8) is 0 Å². The Kier molecular flexibility index (Phi) is 5.31. The van der Waals surface area contributed by atoms with Crippen LogP contribution in [0.3, 0.4) is 0 Å². The first kappa shape index (κ1) is 19.8. The largest absolute Gasteiger partial charge is 0.352 e. The number of carbonyl (C=O) groups is 1. The number of carbonyl (C=O) groups excluding carboxylic acids is 1. The molecule has 1 aliphatic rings. The monoisotopic (exact) mass is 408 g/mol. The van der Waals surface area contributed by atoms with Crippen LogP contribution in [0, 0.1) is 18.7 Å². The number of hydrogen-bond donors (Lipinski definition) is 1. The Labute approximate surface area is 171 Å². The molecular weight excluding hydrogens is 387 g/mol. The third kappa shape index (κ3) is 4.07. The number of rotatable bonds is 6. The maximum atomic E-state index is 14.4. The molecule has 1 aliphatic carbocycles. The van der Waals surface area contributed by atoms with Crippen molar-refractivity contribution in [3.8, 4) is 5.69 Å². The van der Waals surface area contributed by atoms with Crippen molar-refractivity contribution < 1.29 is 9.18 Å². The maximum Gasteiger partial charge on any atom is 0.352 e. The molecule has 1 aromatic heterocycles. The Morgan fingerprint density at radius 2 is 1.93 bits per heavy atom. The number of para-hydroxylation sites is 1. The summed E-state index contributed by atoms with van der Waals surface area (Å²) in [5.41, 5.74) is -0.508. The molecule has 1 saturated carbocycles. The van der Waals surface area contributed by atoms with Crippen molar-refractivity contribution in [2.45, 2.75) is 26.3 Å². The van der Waals surface area contributed by atoms with Crippen molar-refractivity contribution in [2.24, 2.45) is 5.92 Å². The number of hydrogen-bond acceptors (Lipinski definition) is 4. The second-order valence-corrected chi connectivity index (χ2v) is 7.53. The van der Waals surface area contributed by atoms with E-state index in [0.29, 0.717) is 18.0 Å². The fraction of sp³-hybridized carbons (Fsp3) is 0.273. The average Bonchev–Trinajstić information content (AvgIpc) is 3.55. The molecule has 0 spiro atoms. The van der Waals surface area contributed by atoms with Gasteiger partial charge in [-0.05, 0) is 43.4 Å². The second-order valence-electron chi connectivity index (χ2n) is 7.53. The predicted octanol–water partition coefficient (Wildman–Crippen LogP) is 2.03. The lowest BCUT2D eigenvalue weighted by Gasteiger charge is -2.13. The molecule has 4 rings (SSSR count). The summed E-state index contributed by atoms with van der Waals surface area (Å²) < 4.78 is 16.1. The molecule has 0 atom stereocenters. The van der Waals surface area contributed by atoms with Crippen LogP contribution in [-0.2, 0) is 6.54 Å². The molecule has 0 aliphatic heterocycles. The predicted molar refractivity (Wildman–Crippen MR) is 109 cm³/mol. The molecule has 1 fully saturated rings. The zero-order valence-corrected chi connectivity index (χ0v) is 16.5. The third-order valence-corrected chi connectivity index (χ3v) is 5.03. The van der Waals surface area contributed by atoms with Crippen LogP contribution >= 0.6 is 0 Å². The van der Waals surface area contributed by atoms with Gasteiger partial charge in [-0.1, -0.05) is 42.0 Å². The topological polar surface area (TPSA) is 86.0 Å². The van der Waals surface area contributed by atoms with E-state index in [2.05, 4.69) is 10.4 Å². The highest BCUT2D eigenvalue weighted by molar-refractivity contribution is 5.91. The van der Waals surface area contributed by atoms with Crippen LogP contribution in [-0.4, -0.2) is 26.8 Å². The van der Waals surface area contributed by atoms with Crippen LogP contribution in [0.1, 0.15) is 34.5 Å². The molecule has 0 radical (unpaired) electrons. The highest BCUT2D eigenvalue weighted by atomic mass is 19.1. The van der Waals surface area contributed by atoms with E-state index >= 15 is 0 Å². The first-order valence-corrected chi connectivity index (χ1v) is 9.77. The Morgan fingerprint density at radius 1 is 1.17 bits per heavy atom. The van der Waals surface area contributed by atoms with E-state index < -0.39 is 28.7 Å². The molecule has 30 heavy (non-hydrogen) atoms. The molecule has 1 N–H and O–H groups in total. The second kappa shape index (κ2) is 8.06. The molecule has 154 valence electrons. The standard InChI is InChI=1S/C22H21FN4O3/c1-14-5-4-6-16(11-14)13-26-21(29)19(20(28)24-12-15-9-10-15)25-27(22(26)30)18-8-3-2-7-17(18)23/h2-8,11,15H,9-10,12-13H2,1H3,(H,24,28). The number of aryl methyl sites for hydroxylation is 1. The summed E-state index contributed by atoms with van der Waals surface area (Å²) in [6.07, 6.45) is 2.06. The van der Waals surface area contributed by atoms with Crippen LogP contribution in [0.25, 0.3) is 5.69 Å². The smallest absolute Gasteiger partial charge is 0.350 e. The summed E-state index contributed by atoms with van der Waals surface area (Å²) in [6.45, 7) is 2.28. The van der Waals surface area contributed by atoms with Crippen molar-refractivity contribution in [1.29, 1.82) is 0 Å². The fourth-order valence-electron chi connectivity index (χ4n) is 3.21. The van der Waals surface area contributed by atoms with Gasteiger partial charge in [0.05, 0.1) is 6.54 Å². The first-order chi connectivity index (χ1) is 14.4. The Morgan fingerprint density at radius 3 is 2.63 bits per heavy atom. The summed E-state index contributed by atoms with van der Waals surface area (Å²) in [5, 5.41) is 6.63. The number of aromatic nitrogens is 3. The van der Waals surface area contributed by atoms with Crippen LogP contribution in [0.5, 0.6) is 0 Å². The quantitative estimate of drug-likeness (QED) is 0.676. The van der Waals surface area contributed by atoms with Gasteiger partial charge in [-0.25, -0.2) is 9.18 Å². The molecule has 7 nitrogen and oxygen atoms in total. The van der Waals surface area contributed by atoms with E-state index in [1.54, 1.807) is 12.1 Å². The summed E-state index contributed by atoms with van der Waals surface area (Å²) in [7, 11) is 0. The molecule has 1 heterocycles. The van der Waals surface area contributed by atoms with Gasteiger partial charge in [0.1, 0.15) is 11.5 Å². The van der Waals surface area contributed by atoms with E-state index in [1.165, 1.54) is 18.2 Å². The fourth-order valence-corrected chi connectivity index (χ4v) is 3.21. The molecular formula is C22H21FN4O3. The Balaban J connectivity index is 1.84. The Hall–Kier alpha value is -3.55. The van der Waals surface area contributed by atoms with E-state index in [4.69, 9.17) is 0 Å². The zero-order valence-electron chi connectivity index (χ0n) is 16.5. The minimum absolute atomic E-state index is 0.0563. The highest BCUT2D eigenvalue weighted by Crippen LogP contribution is 2.27. The van der Waals surface area contributed by atoms with Gasteiger partial charge in [0.25, 0.3) is 11.5 Å². The summed E-state index contributed by atoms with van der Waals surface area (Å²) in [4.78, 5) is 38.7. The normalized spacial score (nSPS) is 13.3. The summed E-state index contributed by atoms with van der Waals surface area (Å²) in [6, 6.07) is 12.9. The van der Waals surface area contributed by atoms with Gasteiger partial charge >= 0.3 is 5.69 Å².